The van der Waals surface area contributed by atoms with Gasteiger partial charge >= 0.3 is 0 Å². The lowest BCUT2D eigenvalue weighted by Crippen LogP contribution is -1.94. The maximum atomic E-state index is 4.81. The Balaban J connectivity index is 0.000000424. The molecule has 0 saturated heterocycles. The molecule has 0 saturated carbocycles. The normalized spacial score (nSPS) is 8.31. The minimum atomic E-state index is 0.527. The molecular formula is C9H17N3O. The van der Waals surface area contributed by atoms with Crippen LogP contribution in [0.15, 0.2) is 12.4 Å². The molecule has 0 radical (unpaired) electrons. The van der Waals surface area contributed by atoms with Crippen LogP contribution in [0.4, 0.5) is 5.82 Å². The second-order valence-electron chi connectivity index (χ2n) is 2.40. The molecule has 0 spiro atoms. The van der Waals surface area contributed by atoms with Crippen molar-refractivity contribution >= 4 is 5.82 Å². The average molecular weight is 183 g/mol. The largest absolute Gasteiger partial charge is 0.480 e. The summed E-state index contributed by atoms with van der Waals surface area (Å²) in [7, 11) is 3.35. The van der Waals surface area contributed by atoms with Crippen molar-refractivity contribution in [2.45, 2.75) is 20.3 Å². The molecule has 1 aromatic heterocycles. The van der Waals surface area contributed by atoms with E-state index in [0.29, 0.717) is 5.88 Å². The van der Waals surface area contributed by atoms with Crippen LogP contribution < -0.4 is 10.1 Å². The molecule has 13 heavy (non-hydrogen) atoms. The molecule has 1 N–H and O–H groups in total. The molecule has 0 aliphatic carbocycles. The van der Waals surface area contributed by atoms with Gasteiger partial charge in [-0.05, 0) is 0 Å². The number of nitrogens with one attached hydrogen (secondary N) is 1. The fraction of sp³-hybridized carbons (Fsp3) is 0.556. The van der Waals surface area contributed by atoms with Gasteiger partial charge in [-0.1, -0.05) is 20.3 Å². The van der Waals surface area contributed by atoms with E-state index in [2.05, 4.69) is 29.1 Å². The summed E-state index contributed by atoms with van der Waals surface area (Å²) in [4.78, 5) is 7.89. The Bertz CT molecular complexity index is 188. The second-order valence-corrected chi connectivity index (χ2v) is 2.40. The summed E-state index contributed by atoms with van der Waals surface area (Å²) in [5.41, 5.74) is 0. The van der Waals surface area contributed by atoms with Crippen molar-refractivity contribution in [1.82, 2.24) is 9.97 Å². The zero-order valence-corrected chi connectivity index (χ0v) is 8.66. The van der Waals surface area contributed by atoms with Crippen LogP contribution >= 0.6 is 0 Å². The number of aromatic nitrogens is 2. The summed E-state index contributed by atoms with van der Waals surface area (Å²) < 4.78 is 4.81. The Labute approximate surface area is 79.4 Å². The van der Waals surface area contributed by atoms with Crippen molar-refractivity contribution < 1.29 is 4.74 Å². The monoisotopic (exact) mass is 183 g/mol. The lowest BCUT2D eigenvalue weighted by molar-refractivity contribution is 0.396. The van der Waals surface area contributed by atoms with Gasteiger partial charge in [-0.25, -0.2) is 9.97 Å². The number of nitrogens with zero attached hydrogens (tertiary/aromatic N) is 2. The van der Waals surface area contributed by atoms with E-state index in [1.54, 1.807) is 26.6 Å². The molecule has 1 heterocycles. The molecule has 0 aromatic carbocycles. The van der Waals surface area contributed by atoms with Crippen molar-refractivity contribution in [2.24, 2.45) is 0 Å². The van der Waals surface area contributed by atoms with Crippen molar-refractivity contribution in [3.8, 4) is 5.88 Å². The quantitative estimate of drug-likeness (QED) is 0.761. The molecule has 0 fully saturated rings. The smallest absolute Gasteiger partial charge is 0.232 e. The van der Waals surface area contributed by atoms with Gasteiger partial charge in [0, 0.05) is 7.05 Å². The van der Waals surface area contributed by atoms with Crippen LogP contribution in [-0.2, 0) is 0 Å². The highest BCUT2D eigenvalue weighted by Crippen LogP contribution is 2.04. The lowest BCUT2D eigenvalue weighted by atomic mass is 10.6. The van der Waals surface area contributed by atoms with Gasteiger partial charge < -0.3 is 10.1 Å². The highest BCUT2D eigenvalue weighted by atomic mass is 16.5. The van der Waals surface area contributed by atoms with E-state index < -0.39 is 0 Å². The Hall–Kier alpha value is -1.32. The van der Waals surface area contributed by atoms with Gasteiger partial charge in [0.05, 0.1) is 19.5 Å². The van der Waals surface area contributed by atoms with Crippen LogP contribution in [0.3, 0.4) is 0 Å². The zero-order chi connectivity index (χ0) is 10.1. The Morgan fingerprint density at radius 2 is 1.92 bits per heavy atom. The summed E-state index contributed by atoms with van der Waals surface area (Å²) in [5, 5.41) is 2.85. The van der Waals surface area contributed by atoms with Crippen LogP contribution in [0.5, 0.6) is 5.88 Å². The predicted molar refractivity (Wildman–Crippen MR) is 54.1 cm³/mol. The first kappa shape index (κ1) is 11.7. The number of hydrogen-bond acceptors (Lipinski definition) is 4. The van der Waals surface area contributed by atoms with Gasteiger partial charge in [-0.2, -0.15) is 0 Å². The minimum Gasteiger partial charge on any atom is -0.480 e. The van der Waals surface area contributed by atoms with Crippen LogP contribution in [0.2, 0.25) is 0 Å². The molecular weight excluding hydrogens is 166 g/mol. The van der Waals surface area contributed by atoms with Crippen molar-refractivity contribution in [3.63, 3.8) is 0 Å². The number of ether oxygens (including phenoxy) is 1. The first-order valence-corrected chi connectivity index (χ1v) is 4.32. The Kier molecular flexibility index (Phi) is 6.59. The molecule has 1 aromatic rings. The van der Waals surface area contributed by atoms with E-state index in [9.17, 15) is 0 Å². The number of anilines is 1. The molecule has 0 aliphatic heterocycles. The maximum absolute atomic E-state index is 4.81. The maximum Gasteiger partial charge on any atom is 0.232 e. The summed E-state index contributed by atoms with van der Waals surface area (Å²) >= 11 is 0. The van der Waals surface area contributed by atoms with Crippen molar-refractivity contribution in [1.29, 1.82) is 0 Å². The highest BCUT2D eigenvalue weighted by Gasteiger charge is 1.91. The molecule has 1 rings (SSSR count). The first-order chi connectivity index (χ1) is 6.28. The van der Waals surface area contributed by atoms with Crippen LogP contribution in [0.1, 0.15) is 20.3 Å². The number of rotatable bonds is 2. The van der Waals surface area contributed by atoms with Crippen LogP contribution in [-0.4, -0.2) is 24.1 Å². The zero-order valence-electron chi connectivity index (χ0n) is 8.66. The SMILES string of the molecule is CCC.CNc1cnc(OC)cn1. The minimum absolute atomic E-state index is 0.527. The van der Waals surface area contributed by atoms with Gasteiger partial charge in [0.25, 0.3) is 0 Å². The molecule has 4 nitrogen and oxygen atoms in total. The topological polar surface area (TPSA) is 47.0 Å². The van der Waals surface area contributed by atoms with Crippen LogP contribution in [0.25, 0.3) is 0 Å². The second kappa shape index (κ2) is 7.34. The van der Waals surface area contributed by atoms with Gasteiger partial charge in [-0.15, -0.1) is 0 Å². The van der Waals surface area contributed by atoms with E-state index in [1.807, 2.05) is 0 Å². The fourth-order valence-corrected chi connectivity index (χ4v) is 0.551. The molecule has 0 unspecified atom stereocenters. The Morgan fingerprint density at radius 3 is 2.23 bits per heavy atom. The fourth-order valence-electron chi connectivity index (χ4n) is 0.551. The summed E-state index contributed by atoms with van der Waals surface area (Å²) in [6.45, 7) is 4.25. The third kappa shape index (κ3) is 5.00. The molecule has 74 valence electrons. The molecule has 0 aliphatic rings. The van der Waals surface area contributed by atoms with Crippen LogP contribution in [0, 0.1) is 0 Å². The Morgan fingerprint density at radius 1 is 1.31 bits per heavy atom. The molecule has 0 amide bonds. The van der Waals surface area contributed by atoms with Gasteiger partial charge in [0.1, 0.15) is 5.82 Å². The van der Waals surface area contributed by atoms with E-state index in [0.717, 1.165) is 5.82 Å². The summed E-state index contributed by atoms with van der Waals surface area (Å²) in [5.74, 6) is 1.26. The summed E-state index contributed by atoms with van der Waals surface area (Å²) in [6.07, 6.45) is 4.42. The highest BCUT2D eigenvalue weighted by molar-refractivity contribution is 5.30. The number of methoxy groups -OCH3 is 1. The van der Waals surface area contributed by atoms with Crippen molar-refractivity contribution in [2.75, 3.05) is 19.5 Å². The third-order valence-corrected chi connectivity index (χ3v) is 1.09. The van der Waals surface area contributed by atoms with E-state index >= 15 is 0 Å². The van der Waals surface area contributed by atoms with Gasteiger partial charge in [0.15, 0.2) is 0 Å². The van der Waals surface area contributed by atoms with E-state index in [1.165, 1.54) is 6.42 Å². The standard InChI is InChI=1S/C6H9N3O.C3H8/c1-7-5-3-9-6(10-2)4-8-5;1-3-2/h3-4H,1-2H3,(H,7,8);3H2,1-2H3. The molecule has 0 bridgehead atoms. The van der Waals surface area contributed by atoms with E-state index in [4.69, 9.17) is 4.74 Å². The first-order valence-electron chi connectivity index (χ1n) is 4.32. The molecule has 0 atom stereocenters. The predicted octanol–water partition coefficient (Wildman–Crippen LogP) is 1.94. The lowest BCUT2D eigenvalue weighted by Gasteiger charge is -1.98. The number of hydrogen-bond donors (Lipinski definition) is 1. The molecule has 4 heteroatoms. The van der Waals surface area contributed by atoms with Crippen molar-refractivity contribution in [3.05, 3.63) is 12.4 Å². The summed E-state index contributed by atoms with van der Waals surface area (Å²) in [6, 6.07) is 0. The average Bonchev–Trinajstić information content (AvgIpc) is 2.19. The third-order valence-electron chi connectivity index (χ3n) is 1.09. The van der Waals surface area contributed by atoms with E-state index in [-0.39, 0.29) is 0 Å². The van der Waals surface area contributed by atoms with Gasteiger partial charge in [-0.3, -0.25) is 0 Å². The van der Waals surface area contributed by atoms with Gasteiger partial charge in [0.2, 0.25) is 5.88 Å².